The summed E-state index contributed by atoms with van der Waals surface area (Å²) in [4.78, 5) is 18.6. The van der Waals surface area contributed by atoms with E-state index in [2.05, 4.69) is 59.4 Å². The molecule has 0 aliphatic rings. The summed E-state index contributed by atoms with van der Waals surface area (Å²) in [5, 5.41) is 11.6. The van der Waals surface area contributed by atoms with E-state index in [0.717, 1.165) is 72.0 Å². The Morgan fingerprint density at radius 1 is 0.472 bits per heavy atom. The van der Waals surface area contributed by atoms with E-state index in [1.54, 1.807) is 18.2 Å². The van der Waals surface area contributed by atoms with Crippen LogP contribution < -0.4 is 0 Å². The molecule has 2 heterocycles. The van der Waals surface area contributed by atoms with Crippen LogP contribution in [0.5, 0.6) is 0 Å². The lowest BCUT2D eigenvalue weighted by Gasteiger charge is -2.10. The summed E-state index contributed by atoms with van der Waals surface area (Å²) in [6.07, 6.45) is 0. The largest absolute Gasteiger partial charge is 0.456 e. The van der Waals surface area contributed by atoms with E-state index in [9.17, 15) is 5.26 Å². The van der Waals surface area contributed by atoms with Crippen molar-refractivity contribution in [1.82, 2.24) is 15.0 Å². The second kappa shape index (κ2) is 13.2. The predicted octanol–water partition coefficient (Wildman–Crippen LogP) is 12.2. The minimum absolute atomic E-state index is 0.422. The van der Waals surface area contributed by atoms with Gasteiger partial charge in [-0.2, -0.15) is 5.26 Å². The van der Waals surface area contributed by atoms with Crippen molar-refractivity contribution in [2.75, 3.05) is 0 Å². The van der Waals surface area contributed by atoms with Crippen molar-refractivity contribution in [3.63, 3.8) is 0 Å². The Morgan fingerprint density at radius 3 is 1.77 bits per heavy atom. The number of nitriles is 1. The van der Waals surface area contributed by atoms with Crippen molar-refractivity contribution >= 4 is 27.6 Å². The Balaban J connectivity index is 1.18. The van der Waals surface area contributed by atoms with Crippen LogP contribution in [-0.4, -0.2) is 15.0 Å². The number of rotatable bonds is 6. The molecule has 9 rings (SSSR count). The van der Waals surface area contributed by atoms with Crippen LogP contribution >= 0.6 is 0 Å². The average molecular weight is 678 g/mol. The fraction of sp³-hybridized carbons (Fsp3) is 0. The Labute approximate surface area is 305 Å². The normalized spacial score (nSPS) is 11.0. The summed E-state index contributed by atoms with van der Waals surface area (Å²) in [6.45, 7) is 7.47. The molecule has 2 aromatic heterocycles. The van der Waals surface area contributed by atoms with Crippen molar-refractivity contribution in [2.45, 2.75) is 0 Å². The Morgan fingerprint density at radius 2 is 1.06 bits per heavy atom. The van der Waals surface area contributed by atoms with Gasteiger partial charge in [0.2, 0.25) is 0 Å². The first-order chi connectivity index (χ1) is 26.1. The first kappa shape index (κ1) is 31.3. The molecule has 0 radical (unpaired) electrons. The van der Waals surface area contributed by atoms with E-state index in [0.29, 0.717) is 28.7 Å². The summed E-state index contributed by atoms with van der Waals surface area (Å²) in [6, 6.07) is 56.3. The van der Waals surface area contributed by atoms with Gasteiger partial charge in [-0.1, -0.05) is 121 Å². The molecule has 0 atom stereocenters. The minimum atomic E-state index is 0.422. The molecule has 0 aliphatic carbocycles. The van der Waals surface area contributed by atoms with Crippen LogP contribution in [0.4, 0.5) is 5.69 Å². The summed E-state index contributed by atoms with van der Waals surface area (Å²) < 4.78 is 6.45. The zero-order valence-corrected chi connectivity index (χ0v) is 28.2. The summed E-state index contributed by atoms with van der Waals surface area (Å²) in [7, 11) is 0. The first-order valence-corrected chi connectivity index (χ1v) is 17.1. The zero-order valence-electron chi connectivity index (χ0n) is 28.2. The number of hydrogen-bond acceptors (Lipinski definition) is 5. The molecule has 6 nitrogen and oxygen atoms in total. The smallest absolute Gasteiger partial charge is 0.189 e. The van der Waals surface area contributed by atoms with Crippen molar-refractivity contribution in [1.29, 1.82) is 5.26 Å². The van der Waals surface area contributed by atoms with Crippen LogP contribution in [0.25, 0.3) is 94.3 Å². The maximum atomic E-state index is 9.52. The maximum absolute atomic E-state index is 9.52. The number of fused-ring (bicyclic) bond motifs is 3. The second-order valence-corrected chi connectivity index (χ2v) is 12.7. The Hall–Kier alpha value is -7.67. The molecule has 0 spiro atoms. The van der Waals surface area contributed by atoms with Gasteiger partial charge in [-0.25, -0.2) is 19.8 Å². The van der Waals surface area contributed by atoms with Crippen LogP contribution in [0, 0.1) is 17.9 Å². The fourth-order valence-electron chi connectivity index (χ4n) is 6.77. The van der Waals surface area contributed by atoms with Crippen LogP contribution in [0.2, 0.25) is 0 Å². The molecule has 0 aliphatic heterocycles. The molecule has 0 saturated heterocycles. The predicted molar refractivity (Wildman–Crippen MR) is 211 cm³/mol. The third-order valence-electron chi connectivity index (χ3n) is 9.36. The van der Waals surface area contributed by atoms with E-state index < -0.39 is 0 Å². The number of hydrogen-bond donors (Lipinski definition) is 0. The SMILES string of the molecule is [C-]#[N+]c1cc(C#N)cc(-c2ccc(-c3nc(-c4cccc(-c5ccccc5)c4)nc(-c4ccc5c(c4)oc4cccc(-c6ccccc6)c45)n3)cc2)c1. The zero-order chi connectivity index (χ0) is 35.7. The standard InChI is InChI=1S/C47H27N5O/c1-49-39-25-30(29-48)24-38(27-39)32-18-20-34(21-19-32)45-50-46(36-15-8-14-35(26-36)31-10-4-2-5-11-31)52-47(51-45)37-22-23-41-43(28-37)53-42-17-9-16-40(44(41)42)33-12-6-3-7-13-33/h2-28H. The molecule has 9 aromatic rings. The summed E-state index contributed by atoms with van der Waals surface area (Å²) >= 11 is 0. The second-order valence-electron chi connectivity index (χ2n) is 12.7. The molecule has 53 heavy (non-hydrogen) atoms. The molecule has 246 valence electrons. The van der Waals surface area contributed by atoms with Crippen molar-refractivity contribution in [3.8, 4) is 73.6 Å². The van der Waals surface area contributed by atoms with Gasteiger partial charge in [-0.15, -0.1) is 0 Å². The highest BCUT2D eigenvalue weighted by molar-refractivity contribution is 6.13. The van der Waals surface area contributed by atoms with Gasteiger partial charge in [0.05, 0.1) is 12.6 Å². The Kier molecular flexibility index (Phi) is 7.82. The van der Waals surface area contributed by atoms with Crippen molar-refractivity contribution in [3.05, 3.63) is 181 Å². The number of benzene rings is 7. The third kappa shape index (κ3) is 5.97. The lowest BCUT2D eigenvalue weighted by atomic mass is 9.99. The molecular weight excluding hydrogens is 651 g/mol. The van der Waals surface area contributed by atoms with Crippen LogP contribution in [-0.2, 0) is 0 Å². The van der Waals surface area contributed by atoms with E-state index in [-0.39, 0.29) is 0 Å². The fourth-order valence-corrected chi connectivity index (χ4v) is 6.77. The molecule has 0 bridgehead atoms. The van der Waals surface area contributed by atoms with Crippen LogP contribution in [0.15, 0.2) is 168 Å². The van der Waals surface area contributed by atoms with Gasteiger partial charge in [0.1, 0.15) is 11.2 Å². The molecule has 0 saturated carbocycles. The van der Waals surface area contributed by atoms with Gasteiger partial charge in [0, 0.05) is 33.0 Å². The van der Waals surface area contributed by atoms with Gasteiger partial charge in [0.15, 0.2) is 23.2 Å². The van der Waals surface area contributed by atoms with E-state index in [1.165, 1.54) is 0 Å². The van der Waals surface area contributed by atoms with Crippen LogP contribution in [0.1, 0.15) is 5.56 Å². The van der Waals surface area contributed by atoms with Gasteiger partial charge in [-0.05, 0) is 75.8 Å². The van der Waals surface area contributed by atoms with Gasteiger partial charge in [-0.3, -0.25) is 0 Å². The van der Waals surface area contributed by atoms with E-state index in [1.807, 2.05) is 97.1 Å². The number of aromatic nitrogens is 3. The van der Waals surface area contributed by atoms with Crippen molar-refractivity contribution < 1.29 is 4.42 Å². The lowest BCUT2D eigenvalue weighted by molar-refractivity contribution is 0.669. The van der Waals surface area contributed by atoms with E-state index in [4.69, 9.17) is 25.9 Å². The third-order valence-corrected chi connectivity index (χ3v) is 9.36. The monoisotopic (exact) mass is 677 g/mol. The molecular formula is C47H27N5O. The summed E-state index contributed by atoms with van der Waals surface area (Å²) in [5.74, 6) is 1.59. The van der Waals surface area contributed by atoms with E-state index >= 15 is 0 Å². The highest BCUT2D eigenvalue weighted by Gasteiger charge is 2.17. The minimum Gasteiger partial charge on any atom is -0.456 e. The topological polar surface area (TPSA) is 80.0 Å². The first-order valence-electron chi connectivity index (χ1n) is 17.1. The average Bonchev–Trinajstić information content (AvgIpc) is 3.62. The molecule has 0 N–H and O–H groups in total. The van der Waals surface area contributed by atoms with Crippen molar-refractivity contribution in [2.24, 2.45) is 0 Å². The van der Waals surface area contributed by atoms with Crippen LogP contribution in [0.3, 0.4) is 0 Å². The molecule has 0 amide bonds. The molecule has 6 heteroatoms. The summed E-state index contributed by atoms with van der Waals surface area (Å²) in [5.41, 5.74) is 11.0. The Bertz CT molecular complexity index is 2870. The number of nitrogens with zero attached hydrogens (tertiary/aromatic N) is 5. The van der Waals surface area contributed by atoms with Gasteiger partial charge in [0.25, 0.3) is 0 Å². The highest BCUT2D eigenvalue weighted by atomic mass is 16.3. The quantitative estimate of drug-likeness (QED) is 0.164. The molecule has 0 unspecified atom stereocenters. The molecule has 0 fully saturated rings. The lowest BCUT2D eigenvalue weighted by Crippen LogP contribution is -2.00. The molecule has 7 aromatic carbocycles. The highest BCUT2D eigenvalue weighted by Crippen LogP contribution is 2.38. The van der Waals surface area contributed by atoms with Gasteiger partial charge < -0.3 is 4.42 Å². The van der Waals surface area contributed by atoms with Gasteiger partial charge >= 0.3 is 0 Å². The maximum Gasteiger partial charge on any atom is 0.189 e. The number of furan rings is 1.